The molecule has 1 unspecified atom stereocenters. The van der Waals surface area contributed by atoms with Gasteiger partial charge in [-0.25, -0.2) is 0 Å². The van der Waals surface area contributed by atoms with Gasteiger partial charge in [0.25, 0.3) is 0 Å². The zero-order chi connectivity index (χ0) is 18.3. The number of fused-ring (bicyclic) bond motifs is 1. The lowest BCUT2D eigenvalue weighted by Crippen LogP contribution is -2.22. The van der Waals surface area contributed by atoms with Crippen molar-refractivity contribution >= 4 is 22.8 Å². The van der Waals surface area contributed by atoms with Gasteiger partial charge < -0.3 is 16.4 Å². The molecule has 2 atom stereocenters. The van der Waals surface area contributed by atoms with E-state index in [1.54, 1.807) is 4.68 Å². The molecule has 136 valence electrons. The van der Waals surface area contributed by atoms with E-state index in [1.165, 1.54) is 0 Å². The molecule has 0 amide bonds. The molecule has 1 aromatic carbocycles. The average Bonchev–Trinajstić information content (AvgIpc) is 3.05. The zero-order valence-corrected chi connectivity index (χ0v) is 15.4. The number of aromatic nitrogens is 4. The predicted molar refractivity (Wildman–Crippen MR) is 104 cm³/mol. The number of hydrogen-bond acceptors (Lipinski definition) is 6. The third kappa shape index (κ3) is 3.22. The molecule has 1 fully saturated rings. The molecule has 26 heavy (non-hydrogen) atoms. The first-order valence-corrected chi connectivity index (χ1v) is 8.95. The Kier molecular flexibility index (Phi) is 4.03. The maximum atomic E-state index is 6.28. The van der Waals surface area contributed by atoms with Crippen LogP contribution in [-0.4, -0.2) is 32.3 Å². The van der Waals surface area contributed by atoms with Crippen LogP contribution in [0.15, 0.2) is 36.5 Å². The summed E-state index contributed by atoms with van der Waals surface area (Å²) >= 11 is 0. The topological polar surface area (TPSA) is 93.7 Å². The van der Waals surface area contributed by atoms with Crippen molar-refractivity contribution in [3.8, 4) is 0 Å². The number of nitrogens with one attached hydrogen (secondary N) is 2. The molecule has 0 bridgehead atoms. The number of nitrogens with zero attached hydrogens (tertiary/aromatic N) is 4. The van der Waals surface area contributed by atoms with Crippen LogP contribution in [0.3, 0.4) is 0 Å². The molecule has 0 saturated heterocycles. The van der Waals surface area contributed by atoms with E-state index in [-0.39, 0.29) is 6.04 Å². The largest absolute Gasteiger partial charge is 0.366 e. The highest BCUT2D eigenvalue weighted by atomic mass is 15.3. The molecule has 1 saturated carbocycles. The van der Waals surface area contributed by atoms with Crippen molar-refractivity contribution in [1.82, 2.24) is 19.7 Å². The summed E-state index contributed by atoms with van der Waals surface area (Å²) in [6.45, 7) is 5.07. The van der Waals surface area contributed by atoms with Crippen molar-refractivity contribution in [3.63, 3.8) is 0 Å². The fourth-order valence-corrected chi connectivity index (χ4v) is 3.11. The minimum atomic E-state index is -0.124. The third-order valence-electron chi connectivity index (χ3n) is 5.12. The molecule has 0 aliphatic heterocycles. The van der Waals surface area contributed by atoms with Gasteiger partial charge in [-0.1, -0.05) is 44.2 Å². The highest BCUT2D eigenvalue weighted by Gasteiger charge is 2.46. The maximum Gasteiger partial charge on any atom is 0.226 e. The number of benzene rings is 1. The molecule has 1 aliphatic rings. The summed E-state index contributed by atoms with van der Waals surface area (Å²) in [5.74, 6) is 1.39. The standard InChI is InChI=1S/C19H25N7/c1-19(2)9-15(19)23-16-13-10-22-26(3)17(13)25-18(24-16)21-11-14(20)12-7-5-4-6-8-12/h4-8,10,14-15H,9,11,20H2,1-3H3,(H2,21,23,24,25)/t14-,15?/m0/s1. The van der Waals surface area contributed by atoms with E-state index in [9.17, 15) is 0 Å². The van der Waals surface area contributed by atoms with Gasteiger partial charge in [0.1, 0.15) is 5.82 Å². The number of rotatable bonds is 6. The summed E-state index contributed by atoms with van der Waals surface area (Å²) in [6, 6.07) is 10.3. The highest BCUT2D eigenvalue weighted by molar-refractivity contribution is 5.87. The van der Waals surface area contributed by atoms with E-state index >= 15 is 0 Å². The molecule has 3 aromatic rings. The average molecular weight is 351 g/mol. The van der Waals surface area contributed by atoms with Crippen LogP contribution in [0, 0.1) is 5.41 Å². The first kappa shape index (κ1) is 16.8. The minimum Gasteiger partial charge on any atom is -0.366 e. The Morgan fingerprint density at radius 3 is 2.69 bits per heavy atom. The van der Waals surface area contributed by atoms with E-state index in [1.807, 2.05) is 43.6 Å². The van der Waals surface area contributed by atoms with E-state index in [2.05, 4.69) is 39.5 Å². The number of hydrogen-bond donors (Lipinski definition) is 3. The van der Waals surface area contributed by atoms with Crippen LogP contribution in [0.2, 0.25) is 0 Å². The zero-order valence-electron chi connectivity index (χ0n) is 15.4. The number of nitrogens with two attached hydrogens (primary N) is 1. The van der Waals surface area contributed by atoms with Gasteiger partial charge in [-0.3, -0.25) is 4.68 Å². The van der Waals surface area contributed by atoms with Crippen LogP contribution in [-0.2, 0) is 7.05 Å². The lowest BCUT2D eigenvalue weighted by atomic mass is 10.1. The van der Waals surface area contributed by atoms with E-state index in [4.69, 9.17) is 5.73 Å². The molecular weight excluding hydrogens is 326 g/mol. The molecule has 2 heterocycles. The van der Waals surface area contributed by atoms with E-state index in [0.29, 0.717) is 23.9 Å². The van der Waals surface area contributed by atoms with Crippen LogP contribution in [0.4, 0.5) is 11.8 Å². The third-order valence-corrected chi connectivity index (χ3v) is 5.12. The van der Waals surface area contributed by atoms with Crippen molar-refractivity contribution < 1.29 is 0 Å². The van der Waals surface area contributed by atoms with Gasteiger partial charge >= 0.3 is 0 Å². The Hall–Kier alpha value is -2.67. The molecule has 7 nitrogen and oxygen atoms in total. The normalized spacial score (nSPS) is 19.3. The van der Waals surface area contributed by atoms with Gasteiger partial charge in [0.15, 0.2) is 5.65 Å². The van der Waals surface area contributed by atoms with Crippen molar-refractivity contribution in [2.24, 2.45) is 18.2 Å². The second kappa shape index (κ2) is 6.25. The van der Waals surface area contributed by atoms with E-state index < -0.39 is 0 Å². The summed E-state index contributed by atoms with van der Waals surface area (Å²) in [7, 11) is 1.89. The van der Waals surface area contributed by atoms with E-state index in [0.717, 1.165) is 28.8 Å². The van der Waals surface area contributed by atoms with Gasteiger partial charge in [0.2, 0.25) is 5.95 Å². The summed E-state index contributed by atoms with van der Waals surface area (Å²) in [5, 5.41) is 12.1. The van der Waals surface area contributed by atoms with Crippen LogP contribution < -0.4 is 16.4 Å². The fourth-order valence-electron chi connectivity index (χ4n) is 3.11. The molecule has 0 spiro atoms. The molecule has 4 N–H and O–H groups in total. The summed E-state index contributed by atoms with van der Waals surface area (Å²) in [5.41, 5.74) is 8.47. The Labute approximate surface area is 153 Å². The lowest BCUT2D eigenvalue weighted by molar-refractivity contribution is 0.630. The number of aryl methyl sites for hydroxylation is 1. The van der Waals surface area contributed by atoms with Crippen LogP contribution in [0.25, 0.3) is 11.0 Å². The second-order valence-electron chi connectivity index (χ2n) is 7.69. The smallest absolute Gasteiger partial charge is 0.226 e. The van der Waals surface area contributed by atoms with Gasteiger partial charge in [0.05, 0.1) is 11.6 Å². The maximum absolute atomic E-state index is 6.28. The van der Waals surface area contributed by atoms with Crippen LogP contribution in [0.1, 0.15) is 31.9 Å². The fraction of sp³-hybridized carbons (Fsp3) is 0.421. The molecule has 4 rings (SSSR count). The van der Waals surface area contributed by atoms with Crippen LogP contribution in [0.5, 0.6) is 0 Å². The monoisotopic (exact) mass is 351 g/mol. The van der Waals surface area contributed by atoms with Gasteiger partial charge in [-0.15, -0.1) is 0 Å². The molecule has 7 heteroatoms. The lowest BCUT2D eigenvalue weighted by Gasteiger charge is -2.15. The van der Waals surface area contributed by atoms with Crippen molar-refractivity contribution in [2.45, 2.75) is 32.4 Å². The summed E-state index contributed by atoms with van der Waals surface area (Å²) in [6.07, 6.45) is 2.95. The predicted octanol–water partition coefficient (Wildman–Crippen LogP) is 2.69. The number of anilines is 2. The van der Waals surface area contributed by atoms with Crippen LogP contribution >= 0.6 is 0 Å². The van der Waals surface area contributed by atoms with Crippen molar-refractivity contribution in [1.29, 1.82) is 0 Å². The van der Waals surface area contributed by atoms with Gasteiger partial charge in [-0.05, 0) is 17.4 Å². The summed E-state index contributed by atoms with van der Waals surface area (Å²) in [4.78, 5) is 9.29. The Bertz CT molecular complexity index is 916. The first-order chi connectivity index (χ1) is 12.4. The second-order valence-corrected chi connectivity index (χ2v) is 7.69. The summed E-state index contributed by atoms with van der Waals surface area (Å²) < 4.78 is 1.77. The quantitative estimate of drug-likeness (QED) is 0.632. The Morgan fingerprint density at radius 2 is 2.00 bits per heavy atom. The van der Waals surface area contributed by atoms with Gasteiger partial charge in [-0.2, -0.15) is 15.1 Å². The Morgan fingerprint density at radius 1 is 1.27 bits per heavy atom. The highest BCUT2D eigenvalue weighted by Crippen LogP contribution is 2.46. The molecular formula is C19H25N7. The molecule has 1 aliphatic carbocycles. The molecule has 2 aromatic heterocycles. The SMILES string of the molecule is Cn1ncc2c(NC3CC3(C)C)nc(NC[C@H](N)c3ccccc3)nc21. The Balaban J connectivity index is 1.56. The minimum absolute atomic E-state index is 0.124. The van der Waals surface area contributed by atoms with Crippen molar-refractivity contribution in [2.75, 3.05) is 17.2 Å². The molecule has 0 radical (unpaired) electrons. The van der Waals surface area contributed by atoms with Crippen molar-refractivity contribution in [3.05, 3.63) is 42.1 Å². The van der Waals surface area contributed by atoms with Gasteiger partial charge in [0, 0.05) is 25.7 Å². The first-order valence-electron chi connectivity index (χ1n) is 8.95.